The van der Waals surface area contributed by atoms with E-state index in [-0.39, 0.29) is 5.91 Å². The molecule has 0 saturated heterocycles. The molecule has 1 aliphatic heterocycles. The molecule has 0 spiro atoms. The summed E-state index contributed by atoms with van der Waals surface area (Å²) in [5.74, 6) is 0.383. The van der Waals surface area contributed by atoms with Gasteiger partial charge in [-0.15, -0.1) is 0 Å². The van der Waals surface area contributed by atoms with Crippen molar-refractivity contribution in [1.29, 1.82) is 0 Å². The Kier molecular flexibility index (Phi) is 2.61. The zero-order chi connectivity index (χ0) is 13.4. The number of aromatic nitrogens is 2. The number of azide groups is 1. The summed E-state index contributed by atoms with van der Waals surface area (Å²) in [6, 6.07) is 7.09. The maximum absolute atomic E-state index is 12.2. The van der Waals surface area contributed by atoms with Crippen molar-refractivity contribution in [1.82, 2.24) is 9.55 Å². The fraction of sp³-hybridized carbons (Fsp3) is 0.333. The van der Waals surface area contributed by atoms with Crippen LogP contribution in [0.5, 0.6) is 0 Å². The van der Waals surface area contributed by atoms with Crippen LogP contribution in [-0.2, 0) is 11.3 Å². The van der Waals surface area contributed by atoms with E-state index in [0.717, 1.165) is 11.0 Å². The molecule has 0 saturated carbocycles. The Balaban J connectivity index is 2.14. The number of rotatable bonds is 1. The van der Waals surface area contributed by atoms with Crippen LogP contribution in [0, 0.1) is 0 Å². The SMILES string of the molecule is CN1C(=O)C(N=[N+]=[N-])CCn2c1nc1ccccc12. The van der Waals surface area contributed by atoms with Crippen LogP contribution >= 0.6 is 0 Å². The molecular formula is C12H12N6O. The number of nitrogens with zero attached hydrogens (tertiary/aromatic N) is 6. The third-order valence-electron chi connectivity index (χ3n) is 3.37. The van der Waals surface area contributed by atoms with Gasteiger partial charge in [0.25, 0.3) is 0 Å². The first-order valence-electron chi connectivity index (χ1n) is 5.99. The quantitative estimate of drug-likeness (QED) is 0.444. The van der Waals surface area contributed by atoms with Gasteiger partial charge in [0.15, 0.2) is 0 Å². The molecular weight excluding hydrogens is 244 g/mol. The summed E-state index contributed by atoms with van der Waals surface area (Å²) in [7, 11) is 1.66. The van der Waals surface area contributed by atoms with E-state index in [1.54, 1.807) is 7.05 Å². The van der Waals surface area contributed by atoms with Crippen LogP contribution in [0.1, 0.15) is 6.42 Å². The number of fused-ring (bicyclic) bond motifs is 3. The number of para-hydroxylation sites is 2. The summed E-state index contributed by atoms with van der Waals surface area (Å²) in [5.41, 5.74) is 10.4. The lowest BCUT2D eigenvalue weighted by Gasteiger charge is -2.15. The zero-order valence-electron chi connectivity index (χ0n) is 10.4. The molecule has 2 aromatic rings. The first-order chi connectivity index (χ1) is 9.22. The maximum Gasteiger partial charge on any atom is 0.238 e. The second-order valence-corrected chi connectivity index (χ2v) is 4.46. The number of hydrogen-bond acceptors (Lipinski definition) is 3. The first-order valence-corrected chi connectivity index (χ1v) is 5.99. The van der Waals surface area contributed by atoms with Crippen molar-refractivity contribution in [2.45, 2.75) is 19.0 Å². The van der Waals surface area contributed by atoms with E-state index in [0.29, 0.717) is 18.9 Å². The topological polar surface area (TPSA) is 86.9 Å². The summed E-state index contributed by atoms with van der Waals surface area (Å²) >= 11 is 0. The van der Waals surface area contributed by atoms with Crippen LogP contribution in [0.3, 0.4) is 0 Å². The van der Waals surface area contributed by atoms with E-state index in [2.05, 4.69) is 15.0 Å². The molecule has 96 valence electrons. The van der Waals surface area contributed by atoms with Crippen LogP contribution in [0.2, 0.25) is 0 Å². The number of amides is 1. The van der Waals surface area contributed by atoms with Crippen molar-refractivity contribution in [2.24, 2.45) is 5.11 Å². The Bertz CT molecular complexity index is 699. The highest BCUT2D eigenvalue weighted by Crippen LogP contribution is 2.26. The summed E-state index contributed by atoms with van der Waals surface area (Å²) in [6.45, 7) is 0.607. The highest BCUT2D eigenvalue weighted by atomic mass is 16.2. The molecule has 1 unspecified atom stereocenters. The van der Waals surface area contributed by atoms with Gasteiger partial charge in [0.05, 0.1) is 11.0 Å². The first kappa shape index (κ1) is 11.6. The minimum absolute atomic E-state index is 0.216. The number of aryl methyl sites for hydroxylation is 1. The number of benzene rings is 1. The second-order valence-electron chi connectivity index (χ2n) is 4.46. The lowest BCUT2D eigenvalue weighted by molar-refractivity contribution is -0.119. The van der Waals surface area contributed by atoms with Crippen molar-refractivity contribution >= 4 is 22.9 Å². The molecule has 1 atom stereocenters. The third kappa shape index (κ3) is 1.71. The number of anilines is 1. The molecule has 1 aromatic heterocycles. The van der Waals surface area contributed by atoms with Crippen LogP contribution in [0.25, 0.3) is 21.5 Å². The van der Waals surface area contributed by atoms with Gasteiger partial charge in [-0.05, 0) is 24.1 Å². The summed E-state index contributed by atoms with van der Waals surface area (Å²) in [6.07, 6.45) is 0.487. The van der Waals surface area contributed by atoms with Gasteiger partial charge < -0.3 is 4.57 Å². The molecule has 7 heteroatoms. The van der Waals surface area contributed by atoms with Gasteiger partial charge in [0.1, 0.15) is 6.04 Å². The molecule has 0 aliphatic carbocycles. The Labute approximate surface area is 109 Å². The van der Waals surface area contributed by atoms with E-state index < -0.39 is 6.04 Å². The van der Waals surface area contributed by atoms with Gasteiger partial charge in [-0.25, -0.2) is 4.98 Å². The van der Waals surface area contributed by atoms with E-state index in [9.17, 15) is 4.79 Å². The molecule has 1 aliphatic rings. The van der Waals surface area contributed by atoms with Crippen molar-refractivity contribution in [3.8, 4) is 0 Å². The molecule has 2 heterocycles. The number of carbonyl (C=O) groups excluding carboxylic acids is 1. The summed E-state index contributed by atoms with van der Waals surface area (Å²) < 4.78 is 1.99. The monoisotopic (exact) mass is 256 g/mol. The number of carbonyl (C=O) groups is 1. The smallest absolute Gasteiger partial charge is 0.238 e. The number of hydrogen-bond donors (Lipinski definition) is 0. The minimum atomic E-state index is -0.657. The van der Waals surface area contributed by atoms with Gasteiger partial charge in [0, 0.05) is 18.5 Å². The van der Waals surface area contributed by atoms with Gasteiger partial charge in [-0.1, -0.05) is 17.2 Å². The molecule has 7 nitrogen and oxygen atoms in total. The molecule has 3 rings (SSSR count). The lowest BCUT2D eigenvalue weighted by atomic mass is 10.2. The van der Waals surface area contributed by atoms with E-state index in [4.69, 9.17) is 5.53 Å². The predicted molar refractivity (Wildman–Crippen MR) is 70.7 cm³/mol. The Morgan fingerprint density at radius 2 is 2.26 bits per heavy atom. The average Bonchev–Trinajstić information content (AvgIpc) is 2.75. The summed E-state index contributed by atoms with van der Waals surface area (Å²) in [4.78, 5) is 20.9. The Morgan fingerprint density at radius 3 is 3.05 bits per heavy atom. The Hall–Kier alpha value is -2.53. The lowest BCUT2D eigenvalue weighted by Crippen LogP contribution is -2.34. The fourth-order valence-electron chi connectivity index (χ4n) is 2.41. The molecule has 0 radical (unpaired) electrons. The second kappa shape index (κ2) is 4.29. The van der Waals surface area contributed by atoms with Crippen LogP contribution in [0.15, 0.2) is 29.4 Å². The normalized spacial score (nSPS) is 18.9. The zero-order valence-corrected chi connectivity index (χ0v) is 10.4. The van der Waals surface area contributed by atoms with Crippen LogP contribution < -0.4 is 4.90 Å². The average molecular weight is 256 g/mol. The molecule has 1 amide bonds. The van der Waals surface area contributed by atoms with Crippen molar-refractivity contribution < 1.29 is 4.79 Å². The van der Waals surface area contributed by atoms with Crippen molar-refractivity contribution in [3.05, 3.63) is 34.7 Å². The number of likely N-dealkylation sites (N-methyl/N-ethyl adjacent to an activating group) is 1. The van der Waals surface area contributed by atoms with Crippen molar-refractivity contribution in [3.63, 3.8) is 0 Å². The Morgan fingerprint density at radius 1 is 1.47 bits per heavy atom. The molecule has 0 N–H and O–H groups in total. The maximum atomic E-state index is 12.2. The van der Waals surface area contributed by atoms with E-state index in [1.165, 1.54) is 4.90 Å². The van der Waals surface area contributed by atoms with E-state index in [1.807, 2.05) is 28.8 Å². The highest BCUT2D eigenvalue weighted by Gasteiger charge is 2.29. The molecule has 0 bridgehead atoms. The minimum Gasteiger partial charge on any atom is -0.310 e. The van der Waals surface area contributed by atoms with Crippen LogP contribution in [0.4, 0.5) is 5.95 Å². The van der Waals surface area contributed by atoms with Gasteiger partial charge in [0.2, 0.25) is 11.9 Å². The number of imidazole rings is 1. The van der Waals surface area contributed by atoms with Gasteiger partial charge >= 0.3 is 0 Å². The van der Waals surface area contributed by atoms with E-state index >= 15 is 0 Å². The summed E-state index contributed by atoms with van der Waals surface area (Å²) in [5, 5.41) is 3.57. The van der Waals surface area contributed by atoms with Gasteiger partial charge in [-0.3, -0.25) is 9.69 Å². The predicted octanol–water partition coefficient (Wildman–Crippen LogP) is 2.08. The highest BCUT2D eigenvalue weighted by molar-refractivity contribution is 5.97. The molecule has 1 aromatic carbocycles. The molecule has 19 heavy (non-hydrogen) atoms. The van der Waals surface area contributed by atoms with Crippen molar-refractivity contribution in [2.75, 3.05) is 11.9 Å². The molecule has 0 fully saturated rings. The fourth-order valence-corrected chi connectivity index (χ4v) is 2.41. The largest absolute Gasteiger partial charge is 0.310 e. The van der Waals surface area contributed by atoms with Crippen LogP contribution in [-0.4, -0.2) is 28.5 Å². The van der Waals surface area contributed by atoms with Gasteiger partial charge in [-0.2, -0.15) is 0 Å². The third-order valence-corrected chi connectivity index (χ3v) is 3.37. The standard InChI is InChI=1S/C12H12N6O/c1-17-11(19)9(15-16-13)6-7-18-10-5-3-2-4-8(10)14-12(17)18/h2-5,9H,6-7H2,1H3.